The quantitative estimate of drug-likeness (QED) is 0.564. The van der Waals surface area contributed by atoms with Crippen molar-refractivity contribution in [2.45, 2.75) is 12.8 Å². The molecule has 1 amide bonds. The zero-order valence-corrected chi connectivity index (χ0v) is 16.6. The number of nitrogens with zero attached hydrogens (tertiary/aromatic N) is 2. The summed E-state index contributed by atoms with van der Waals surface area (Å²) in [6.07, 6.45) is 1.89. The number of hydrogen-bond donors (Lipinski definition) is 2. The van der Waals surface area contributed by atoms with Crippen LogP contribution in [-0.2, 0) is 0 Å². The molecular weight excluding hydrogens is 380 g/mol. The van der Waals surface area contributed by atoms with Crippen molar-refractivity contribution in [3.05, 3.63) is 64.2 Å². The van der Waals surface area contributed by atoms with E-state index in [-0.39, 0.29) is 24.0 Å². The summed E-state index contributed by atoms with van der Waals surface area (Å²) in [5.41, 5.74) is 1.38. The number of likely N-dealkylation sites (tertiary alicyclic amines) is 1. The van der Waals surface area contributed by atoms with Gasteiger partial charge in [0.2, 0.25) is 0 Å². The van der Waals surface area contributed by atoms with E-state index in [0.29, 0.717) is 30.3 Å². The first-order valence-corrected chi connectivity index (χ1v) is 9.13. The normalized spacial score (nSPS) is 14.2. The van der Waals surface area contributed by atoms with Gasteiger partial charge in [0, 0.05) is 30.4 Å². The molecule has 150 valence electrons. The summed E-state index contributed by atoms with van der Waals surface area (Å²) in [6, 6.07) is 13.9. The smallest absolute Gasteiger partial charge is 0.293 e. The first-order chi connectivity index (χ1) is 13.1. The van der Waals surface area contributed by atoms with Crippen LogP contribution in [0.2, 0.25) is 0 Å². The molecule has 1 aliphatic heterocycles. The predicted molar refractivity (Wildman–Crippen MR) is 113 cm³/mol. The number of nitro benzene ring substituents is 1. The van der Waals surface area contributed by atoms with Crippen molar-refractivity contribution in [2.75, 3.05) is 32.0 Å². The minimum absolute atomic E-state index is 0. The monoisotopic (exact) mass is 404 g/mol. The van der Waals surface area contributed by atoms with E-state index in [4.69, 9.17) is 0 Å². The van der Waals surface area contributed by atoms with Gasteiger partial charge in [-0.15, -0.1) is 12.4 Å². The van der Waals surface area contributed by atoms with Crippen LogP contribution >= 0.6 is 12.4 Å². The zero-order valence-electron chi connectivity index (χ0n) is 15.8. The number of halogens is 1. The number of hydrogen-bond acceptors (Lipinski definition) is 5. The number of carbonyl (C=O) groups excluding carboxylic acids is 1. The van der Waals surface area contributed by atoms with Crippen molar-refractivity contribution in [2.24, 2.45) is 5.92 Å². The number of rotatable bonds is 6. The van der Waals surface area contributed by atoms with E-state index in [2.05, 4.69) is 10.6 Å². The SMILES string of the molecule is CNCC1CCN(C(=O)c2ccc(Nc3ccccc3)c([N+](=O)[O-])c2)CC1.Cl. The summed E-state index contributed by atoms with van der Waals surface area (Å²) in [6.45, 7) is 2.32. The van der Waals surface area contributed by atoms with Crippen LogP contribution in [0.5, 0.6) is 0 Å². The Balaban J connectivity index is 0.00000280. The second-order valence-corrected chi connectivity index (χ2v) is 6.77. The van der Waals surface area contributed by atoms with Crippen LogP contribution in [0.15, 0.2) is 48.5 Å². The third-order valence-corrected chi connectivity index (χ3v) is 4.89. The Labute approximate surface area is 170 Å². The Morgan fingerprint density at radius 2 is 1.86 bits per heavy atom. The highest BCUT2D eigenvalue weighted by Gasteiger charge is 2.25. The topological polar surface area (TPSA) is 87.5 Å². The number of anilines is 2. The Morgan fingerprint density at radius 1 is 1.18 bits per heavy atom. The molecule has 2 aromatic rings. The van der Waals surface area contributed by atoms with Crippen molar-refractivity contribution in [3.63, 3.8) is 0 Å². The maximum atomic E-state index is 12.8. The molecule has 0 aromatic heterocycles. The summed E-state index contributed by atoms with van der Waals surface area (Å²) in [4.78, 5) is 25.6. The lowest BCUT2D eigenvalue weighted by Gasteiger charge is -2.32. The van der Waals surface area contributed by atoms with Gasteiger partial charge in [-0.25, -0.2) is 0 Å². The molecule has 0 bridgehead atoms. The number of para-hydroxylation sites is 1. The van der Waals surface area contributed by atoms with Crippen LogP contribution in [0.1, 0.15) is 23.2 Å². The van der Waals surface area contributed by atoms with E-state index in [0.717, 1.165) is 25.1 Å². The Bertz CT molecular complexity index is 808. The molecule has 8 heteroatoms. The molecule has 0 aliphatic carbocycles. The Kier molecular flexibility index (Phi) is 7.78. The summed E-state index contributed by atoms with van der Waals surface area (Å²) in [7, 11) is 1.93. The van der Waals surface area contributed by atoms with Crippen LogP contribution in [0.3, 0.4) is 0 Å². The van der Waals surface area contributed by atoms with Gasteiger partial charge in [-0.3, -0.25) is 14.9 Å². The highest BCUT2D eigenvalue weighted by molar-refractivity contribution is 5.96. The maximum Gasteiger partial charge on any atom is 0.293 e. The first kappa shape index (κ1) is 21.7. The van der Waals surface area contributed by atoms with Crippen molar-refractivity contribution in [1.82, 2.24) is 10.2 Å². The van der Waals surface area contributed by atoms with Crippen LogP contribution in [0, 0.1) is 16.0 Å². The lowest BCUT2D eigenvalue weighted by Crippen LogP contribution is -2.40. The van der Waals surface area contributed by atoms with E-state index in [1.807, 2.05) is 37.4 Å². The molecule has 0 radical (unpaired) electrons. The number of carbonyl (C=O) groups is 1. The largest absolute Gasteiger partial charge is 0.350 e. The first-order valence-electron chi connectivity index (χ1n) is 9.13. The molecule has 3 rings (SSSR count). The number of nitrogens with one attached hydrogen (secondary N) is 2. The molecule has 1 fully saturated rings. The third-order valence-electron chi connectivity index (χ3n) is 4.89. The minimum Gasteiger partial charge on any atom is -0.350 e. The van der Waals surface area contributed by atoms with Gasteiger partial charge in [0.1, 0.15) is 5.69 Å². The number of benzene rings is 2. The van der Waals surface area contributed by atoms with Crippen LogP contribution in [-0.4, -0.2) is 42.4 Å². The molecule has 2 N–H and O–H groups in total. The lowest BCUT2D eigenvalue weighted by molar-refractivity contribution is -0.383. The highest BCUT2D eigenvalue weighted by Crippen LogP contribution is 2.29. The van der Waals surface area contributed by atoms with Gasteiger partial charge in [0.25, 0.3) is 11.6 Å². The summed E-state index contributed by atoms with van der Waals surface area (Å²) in [5, 5.41) is 17.7. The van der Waals surface area contributed by atoms with E-state index < -0.39 is 4.92 Å². The van der Waals surface area contributed by atoms with Gasteiger partial charge in [0.15, 0.2) is 0 Å². The van der Waals surface area contributed by atoms with Crippen LogP contribution in [0.25, 0.3) is 0 Å². The summed E-state index contributed by atoms with van der Waals surface area (Å²) < 4.78 is 0. The predicted octanol–water partition coefficient (Wildman–Crippen LogP) is 3.83. The number of amides is 1. The van der Waals surface area contributed by atoms with E-state index in [1.165, 1.54) is 6.07 Å². The van der Waals surface area contributed by atoms with Crippen molar-refractivity contribution >= 4 is 35.4 Å². The number of nitro groups is 1. The zero-order chi connectivity index (χ0) is 19.2. The van der Waals surface area contributed by atoms with Crippen LogP contribution < -0.4 is 10.6 Å². The average Bonchev–Trinajstić information content (AvgIpc) is 2.69. The van der Waals surface area contributed by atoms with Gasteiger partial charge < -0.3 is 15.5 Å². The molecule has 2 aromatic carbocycles. The van der Waals surface area contributed by atoms with Gasteiger partial charge >= 0.3 is 0 Å². The molecule has 7 nitrogen and oxygen atoms in total. The second kappa shape index (κ2) is 10.1. The van der Waals surface area contributed by atoms with Gasteiger partial charge in [-0.2, -0.15) is 0 Å². The molecule has 0 atom stereocenters. The van der Waals surface area contributed by atoms with Crippen molar-refractivity contribution < 1.29 is 9.72 Å². The third kappa shape index (κ3) is 5.21. The van der Waals surface area contributed by atoms with E-state index >= 15 is 0 Å². The molecule has 1 saturated heterocycles. The van der Waals surface area contributed by atoms with Gasteiger partial charge in [-0.1, -0.05) is 18.2 Å². The Morgan fingerprint density at radius 3 is 2.46 bits per heavy atom. The maximum absolute atomic E-state index is 12.8. The average molecular weight is 405 g/mol. The van der Waals surface area contributed by atoms with Crippen LogP contribution in [0.4, 0.5) is 17.1 Å². The molecule has 1 heterocycles. The minimum atomic E-state index is -0.457. The molecule has 1 aliphatic rings. The molecule has 0 spiro atoms. The Hall–Kier alpha value is -2.64. The molecule has 28 heavy (non-hydrogen) atoms. The lowest BCUT2D eigenvalue weighted by atomic mass is 9.96. The molecular formula is C20H25ClN4O3. The second-order valence-electron chi connectivity index (χ2n) is 6.77. The standard InChI is InChI=1S/C20H24N4O3.ClH/c1-21-14-15-9-11-23(12-10-15)20(25)16-7-8-18(19(13-16)24(26)27)22-17-5-3-2-4-6-17;/h2-8,13,15,21-22H,9-12,14H2,1H3;1H. The molecule has 0 saturated carbocycles. The van der Waals surface area contributed by atoms with Crippen molar-refractivity contribution in [3.8, 4) is 0 Å². The van der Waals surface area contributed by atoms with Gasteiger partial charge in [-0.05, 0) is 56.6 Å². The fourth-order valence-electron chi connectivity index (χ4n) is 3.41. The fraction of sp³-hybridized carbons (Fsp3) is 0.350. The van der Waals surface area contributed by atoms with Crippen molar-refractivity contribution in [1.29, 1.82) is 0 Å². The highest BCUT2D eigenvalue weighted by atomic mass is 35.5. The van der Waals surface area contributed by atoms with E-state index in [9.17, 15) is 14.9 Å². The van der Waals surface area contributed by atoms with Gasteiger partial charge in [0.05, 0.1) is 4.92 Å². The van der Waals surface area contributed by atoms with E-state index in [1.54, 1.807) is 17.0 Å². The number of piperidine rings is 1. The molecule has 0 unspecified atom stereocenters. The summed E-state index contributed by atoms with van der Waals surface area (Å²) in [5.74, 6) is 0.429. The summed E-state index contributed by atoms with van der Waals surface area (Å²) >= 11 is 0. The fourth-order valence-corrected chi connectivity index (χ4v) is 3.41.